The summed E-state index contributed by atoms with van der Waals surface area (Å²) in [4.78, 5) is 0. The molecule has 19 heavy (non-hydrogen) atoms. The van der Waals surface area contributed by atoms with Crippen molar-refractivity contribution in [1.82, 2.24) is 9.59 Å². The van der Waals surface area contributed by atoms with Gasteiger partial charge in [0.25, 0.3) is 0 Å². The third-order valence-corrected chi connectivity index (χ3v) is 4.01. The van der Waals surface area contributed by atoms with Gasteiger partial charge in [0.1, 0.15) is 23.1 Å². The molecule has 2 aromatic rings. The number of rotatable bonds is 6. The van der Waals surface area contributed by atoms with Crippen LogP contribution in [0.2, 0.25) is 0 Å². The van der Waals surface area contributed by atoms with Crippen molar-refractivity contribution in [2.24, 2.45) is 0 Å². The first-order chi connectivity index (χ1) is 9.24. The first-order valence-corrected chi connectivity index (χ1v) is 7.23. The number of ether oxygens (including phenoxy) is 1. The van der Waals surface area contributed by atoms with Crippen LogP contribution < -0.4 is 10.1 Å². The summed E-state index contributed by atoms with van der Waals surface area (Å²) in [5, 5.41) is 8.05. The van der Waals surface area contributed by atoms with Gasteiger partial charge in [-0.25, -0.2) is 0 Å². The molecule has 0 saturated heterocycles. The summed E-state index contributed by atoms with van der Waals surface area (Å²) in [6.45, 7) is 4.87. The van der Waals surface area contributed by atoms with E-state index in [-0.39, 0.29) is 0 Å². The minimum atomic E-state index is 0.440. The van der Waals surface area contributed by atoms with Crippen molar-refractivity contribution in [3.8, 4) is 5.75 Å². The SMILES string of the molecule is CCC(C)c1ccc(OCc2nnsc2NC)cc1. The molecule has 0 bridgehead atoms. The predicted molar refractivity (Wildman–Crippen MR) is 78.9 cm³/mol. The van der Waals surface area contributed by atoms with Gasteiger partial charge in [-0.2, -0.15) is 0 Å². The lowest BCUT2D eigenvalue weighted by Gasteiger charge is -2.10. The number of hydrogen-bond acceptors (Lipinski definition) is 5. The van der Waals surface area contributed by atoms with Gasteiger partial charge in [-0.1, -0.05) is 30.5 Å². The fraction of sp³-hybridized carbons (Fsp3) is 0.429. The molecule has 0 aliphatic rings. The Morgan fingerprint density at radius 2 is 2.05 bits per heavy atom. The lowest BCUT2D eigenvalue weighted by atomic mass is 9.99. The fourth-order valence-corrected chi connectivity index (χ4v) is 2.29. The van der Waals surface area contributed by atoms with E-state index in [0.717, 1.165) is 22.9 Å². The fourth-order valence-electron chi connectivity index (χ4n) is 1.77. The van der Waals surface area contributed by atoms with Gasteiger partial charge in [-0.3, -0.25) is 0 Å². The van der Waals surface area contributed by atoms with Crippen LogP contribution in [-0.4, -0.2) is 16.6 Å². The molecular formula is C14H19N3OS. The van der Waals surface area contributed by atoms with Gasteiger partial charge in [-0.15, -0.1) is 5.10 Å². The van der Waals surface area contributed by atoms with E-state index in [9.17, 15) is 0 Å². The number of nitrogens with one attached hydrogen (secondary N) is 1. The second-order valence-electron chi connectivity index (χ2n) is 4.47. The molecule has 1 unspecified atom stereocenters. The van der Waals surface area contributed by atoms with E-state index in [0.29, 0.717) is 12.5 Å². The molecule has 4 nitrogen and oxygen atoms in total. The number of nitrogens with zero attached hydrogens (tertiary/aromatic N) is 2. The Hall–Kier alpha value is -1.62. The largest absolute Gasteiger partial charge is 0.487 e. The maximum Gasteiger partial charge on any atom is 0.136 e. The molecule has 2 rings (SSSR count). The summed E-state index contributed by atoms with van der Waals surface area (Å²) in [7, 11) is 1.86. The van der Waals surface area contributed by atoms with Gasteiger partial charge in [0.05, 0.1) is 0 Å². The highest BCUT2D eigenvalue weighted by molar-refractivity contribution is 7.10. The van der Waals surface area contributed by atoms with Crippen molar-refractivity contribution < 1.29 is 4.74 Å². The maximum atomic E-state index is 5.73. The number of aromatic nitrogens is 2. The van der Waals surface area contributed by atoms with Crippen LogP contribution in [0.15, 0.2) is 24.3 Å². The summed E-state index contributed by atoms with van der Waals surface area (Å²) in [5.74, 6) is 1.45. The van der Waals surface area contributed by atoms with Gasteiger partial charge in [-0.05, 0) is 30.0 Å². The van der Waals surface area contributed by atoms with E-state index in [1.54, 1.807) is 0 Å². The zero-order valence-electron chi connectivity index (χ0n) is 11.5. The van der Waals surface area contributed by atoms with Gasteiger partial charge >= 0.3 is 0 Å². The Labute approximate surface area is 118 Å². The van der Waals surface area contributed by atoms with E-state index in [2.05, 4.69) is 40.9 Å². The lowest BCUT2D eigenvalue weighted by Crippen LogP contribution is -2.00. The van der Waals surface area contributed by atoms with Crippen LogP contribution in [0.25, 0.3) is 0 Å². The number of hydrogen-bond donors (Lipinski definition) is 1. The summed E-state index contributed by atoms with van der Waals surface area (Å²) < 4.78 is 9.63. The second-order valence-corrected chi connectivity index (χ2v) is 5.22. The molecule has 0 amide bonds. The molecule has 102 valence electrons. The van der Waals surface area contributed by atoms with Gasteiger partial charge in [0.15, 0.2) is 0 Å². The van der Waals surface area contributed by atoms with E-state index in [1.807, 2.05) is 19.2 Å². The van der Waals surface area contributed by atoms with Gasteiger partial charge in [0, 0.05) is 18.6 Å². The van der Waals surface area contributed by atoms with Crippen molar-refractivity contribution in [3.63, 3.8) is 0 Å². The third-order valence-electron chi connectivity index (χ3n) is 3.22. The quantitative estimate of drug-likeness (QED) is 0.875. The molecule has 1 aromatic heterocycles. The van der Waals surface area contributed by atoms with E-state index in [4.69, 9.17) is 4.74 Å². The van der Waals surface area contributed by atoms with Crippen molar-refractivity contribution in [3.05, 3.63) is 35.5 Å². The predicted octanol–water partition coefficient (Wildman–Crippen LogP) is 3.67. The Bertz CT molecular complexity index is 510. The highest BCUT2D eigenvalue weighted by atomic mass is 32.1. The van der Waals surface area contributed by atoms with E-state index >= 15 is 0 Å². The summed E-state index contributed by atoms with van der Waals surface area (Å²) in [6, 6.07) is 8.28. The first-order valence-electron chi connectivity index (χ1n) is 6.46. The molecule has 1 N–H and O–H groups in total. The van der Waals surface area contributed by atoms with Crippen LogP contribution in [-0.2, 0) is 6.61 Å². The van der Waals surface area contributed by atoms with Crippen molar-refractivity contribution in [1.29, 1.82) is 0 Å². The number of anilines is 1. The van der Waals surface area contributed by atoms with Crippen LogP contribution in [0, 0.1) is 0 Å². The van der Waals surface area contributed by atoms with E-state index in [1.165, 1.54) is 17.1 Å². The van der Waals surface area contributed by atoms with Crippen molar-refractivity contribution >= 4 is 16.5 Å². The average Bonchev–Trinajstić information content (AvgIpc) is 2.92. The minimum Gasteiger partial charge on any atom is -0.487 e. The molecule has 5 heteroatoms. The molecule has 0 aliphatic heterocycles. The Morgan fingerprint density at radius 3 is 2.68 bits per heavy atom. The zero-order chi connectivity index (χ0) is 13.7. The average molecular weight is 277 g/mol. The monoisotopic (exact) mass is 277 g/mol. The molecule has 0 radical (unpaired) electrons. The molecule has 1 heterocycles. The van der Waals surface area contributed by atoms with E-state index < -0.39 is 0 Å². The Morgan fingerprint density at radius 1 is 1.32 bits per heavy atom. The molecule has 0 spiro atoms. The minimum absolute atomic E-state index is 0.440. The van der Waals surface area contributed by atoms with Crippen LogP contribution in [0.3, 0.4) is 0 Å². The Kier molecular flexibility index (Phi) is 4.74. The number of benzene rings is 1. The van der Waals surface area contributed by atoms with Crippen LogP contribution in [0.4, 0.5) is 5.00 Å². The van der Waals surface area contributed by atoms with Crippen LogP contribution >= 0.6 is 11.5 Å². The van der Waals surface area contributed by atoms with Crippen LogP contribution in [0.5, 0.6) is 5.75 Å². The van der Waals surface area contributed by atoms with Crippen molar-refractivity contribution in [2.45, 2.75) is 32.8 Å². The summed E-state index contributed by atoms with van der Waals surface area (Å²) >= 11 is 1.34. The lowest BCUT2D eigenvalue weighted by molar-refractivity contribution is 0.301. The topological polar surface area (TPSA) is 47.0 Å². The second kappa shape index (κ2) is 6.52. The van der Waals surface area contributed by atoms with Gasteiger partial charge < -0.3 is 10.1 Å². The third kappa shape index (κ3) is 3.44. The normalized spacial score (nSPS) is 12.2. The molecule has 0 aliphatic carbocycles. The summed E-state index contributed by atoms with van der Waals surface area (Å²) in [5.41, 5.74) is 2.19. The maximum absolute atomic E-state index is 5.73. The van der Waals surface area contributed by atoms with Gasteiger partial charge in [0.2, 0.25) is 0 Å². The standard InChI is InChI=1S/C14H19N3OS/c1-4-10(2)11-5-7-12(8-6-11)18-9-13-14(15-3)19-17-16-13/h5-8,10,15H,4,9H2,1-3H3. The molecule has 1 atom stereocenters. The van der Waals surface area contributed by atoms with Crippen LogP contribution in [0.1, 0.15) is 37.4 Å². The Balaban J connectivity index is 1.96. The molecule has 1 aromatic carbocycles. The highest BCUT2D eigenvalue weighted by Gasteiger charge is 2.07. The molecule has 0 saturated carbocycles. The zero-order valence-corrected chi connectivity index (χ0v) is 12.3. The highest BCUT2D eigenvalue weighted by Crippen LogP contribution is 2.23. The summed E-state index contributed by atoms with van der Waals surface area (Å²) in [6.07, 6.45) is 1.15. The first kappa shape index (κ1) is 13.8. The van der Waals surface area contributed by atoms with Crippen molar-refractivity contribution in [2.75, 3.05) is 12.4 Å². The molecule has 0 fully saturated rings. The smallest absolute Gasteiger partial charge is 0.136 e. The molecular weight excluding hydrogens is 258 g/mol.